The van der Waals surface area contributed by atoms with E-state index in [4.69, 9.17) is 0 Å². The van der Waals surface area contributed by atoms with Gasteiger partial charge in [0.05, 0.1) is 0 Å². The molecule has 0 saturated carbocycles. The molecule has 26 heavy (non-hydrogen) atoms. The van der Waals surface area contributed by atoms with Crippen LogP contribution in [0.15, 0.2) is 73.3 Å². The summed E-state index contributed by atoms with van der Waals surface area (Å²) in [6, 6.07) is 23.6. The van der Waals surface area contributed by atoms with Crippen LogP contribution in [0.1, 0.15) is 27.8 Å². The van der Waals surface area contributed by atoms with Crippen LogP contribution in [-0.2, 0) is 0 Å². The van der Waals surface area contributed by atoms with E-state index < -0.39 is 0 Å². The molecule has 0 bridgehead atoms. The maximum absolute atomic E-state index is 4.36. The number of hydrogen-bond donors (Lipinski definition) is 1. The molecule has 0 fully saturated rings. The summed E-state index contributed by atoms with van der Waals surface area (Å²) in [5.74, 6) is 0. The SMILES string of the molecule is C=C(c1ccccc1C)c1cc(C)c(-c2ccccc2)cc1C.CNC. The lowest BCUT2D eigenvalue weighted by Gasteiger charge is -2.16. The van der Waals surface area contributed by atoms with E-state index >= 15 is 0 Å². The van der Waals surface area contributed by atoms with Crippen molar-refractivity contribution >= 4 is 5.57 Å². The first-order valence-corrected chi connectivity index (χ1v) is 9.00. The molecule has 3 aromatic rings. The van der Waals surface area contributed by atoms with Gasteiger partial charge in [0.15, 0.2) is 0 Å². The largest absolute Gasteiger partial charge is 0.323 e. The quantitative estimate of drug-likeness (QED) is 0.599. The molecule has 0 aliphatic carbocycles. The van der Waals surface area contributed by atoms with E-state index in [0.717, 1.165) is 5.57 Å². The predicted molar refractivity (Wildman–Crippen MR) is 116 cm³/mol. The Morgan fingerprint density at radius 1 is 0.692 bits per heavy atom. The van der Waals surface area contributed by atoms with Gasteiger partial charge in [0.2, 0.25) is 0 Å². The fraction of sp³-hybridized carbons (Fsp3) is 0.200. The molecule has 0 atom stereocenters. The monoisotopic (exact) mass is 343 g/mol. The van der Waals surface area contributed by atoms with Gasteiger partial charge in [-0.2, -0.15) is 0 Å². The van der Waals surface area contributed by atoms with Crippen LogP contribution in [0.25, 0.3) is 16.7 Å². The molecule has 0 aliphatic rings. The van der Waals surface area contributed by atoms with E-state index in [2.05, 4.69) is 99.4 Å². The minimum atomic E-state index is 1.10. The number of hydrogen-bond acceptors (Lipinski definition) is 1. The van der Waals surface area contributed by atoms with Gasteiger partial charge in [-0.25, -0.2) is 0 Å². The maximum Gasteiger partial charge on any atom is -0.0152 e. The van der Waals surface area contributed by atoms with Crippen LogP contribution in [-0.4, -0.2) is 14.1 Å². The molecule has 1 heteroatoms. The summed E-state index contributed by atoms with van der Waals surface area (Å²) in [5.41, 5.74) is 9.93. The Labute approximate surface area is 158 Å². The molecule has 1 N–H and O–H groups in total. The van der Waals surface area contributed by atoms with Crippen LogP contribution >= 0.6 is 0 Å². The molecular weight excluding hydrogens is 314 g/mol. The maximum atomic E-state index is 4.36. The number of nitrogens with one attached hydrogen (secondary N) is 1. The highest BCUT2D eigenvalue weighted by Crippen LogP contribution is 2.32. The Morgan fingerprint density at radius 3 is 1.88 bits per heavy atom. The lowest BCUT2D eigenvalue weighted by atomic mass is 9.88. The fourth-order valence-electron chi connectivity index (χ4n) is 3.13. The number of rotatable bonds is 3. The normalized spacial score (nSPS) is 10.0. The summed E-state index contributed by atoms with van der Waals surface area (Å²) in [7, 11) is 3.75. The van der Waals surface area contributed by atoms with E-state index in [1.165, 1.54) is 38.9 Å². The predicted octanol–water partition coefficient (Wildman–Crippen LogP) is 6.18. The van der Waals surface area contributed by atoms with E-state index in [1.807, 2.05) is 14.1 Å². The standard InChI is InChI=1S/C23H22.C2H7N/c1-16-10-8-9-13-21(16)19(4)22-14-18(3)23(15-17(22)2)20-11-6-5-7-12-20;1-3-2/h5-15H,4H2,1-3H3;3H,1-2H3. The van der Waals surface area contributed by atoms with Crippen LogP contribution in [0.2, 0.25) is 0 Å². The molecule has 134 valence electrons. The topological polar surface area (TPSA) is 12.0 Å². The van der Waals surface area contributed by atoms with Gasteiger partial charge in [0, 0.05) is 0 Å². The molecule has 1 nitrogen and oxygen atoms in total. The van der Waals surface area contributed by atoms with Gasteiger partial charge in [-0.15, -0.1) is 0 Å². The molecule has 3 rings (SSSR count). The molecule has 0 heterocycles. The van der Waals surface area contributed by atoms with Gasteiger partial charge in [-0.1, -0.05) is 73.3 Å². The van der Waals surface area contributed by atoms with Gasteiger partial charge in [0.1, 0.15) is 0 Å². The highest BCUT2D eigenvalue weighted by atomic mass is 14.7. The van der Waals surface area contributed by atoms with E-state index in [1.54, 1.807) is 0 Å². The van der Waals surface area contributed by atoms with E-state index in [0.29, 0.717) is 0 Å². The molecule has 0 radical (unpaired) electrons. The summed E-state index contributed by atoms with van der Waals surface area (Å²) < 4.78 is 0. The van der Waals surface area contributed by atoms with Gasteiger partial charge in [-0.3, -0.25) is 0 Å². The lowest BCUT2D eigenvalue weighted by molar-refractivity contribution is 1.02. The minimum absolute atomic E-state index is 1.10. The van der Waals surface area contributed by atoms with Gasteiger partial charge < -0.3 is 5.32 Å². The third-order valence-corrected chi connectivity index (χ3v) is 4.45. The van der Waals surface area contributed by atoms with Crippen molar-refractivity contribution < 1.29 is 0 Å². The lowest BCUT2D eigenvalue weighted by Crippen LogP contribution is -1.95. The van der Waals surface area contributed by atoms with Crippen molar-refractivity contribution in [3.05, 3.63) is 101 Å². The van der Waals surface area contributed by atoms with E-state index in [-0.39, 0.29) is 0 Å². The second kappa shape index (κ2) is 9.17. The van der Waals surface area contributed by atoms with Crippen LogP contribution in [0.5, 0.6) is 0 Å². The first-order chi connectivity index (χ1) is 12.5. The Kier molecular flexibility index (Phi) is 6.94. The molecule has 0 aliphatic heterocycles. The molecule has 0 amide bonds. The van der Waals surface area contributed by atoms with Crippen LogP contribution in [0, 0.1) is 20.8 Å². The molecular formula is C25H29N. The summed E-state index contributed by atoms with van der Waals surface area (Å²) in [4.78, 5) is 0. The fourth-order valence-corrected chi connectivity index (χ4v) is 3.13. The van der Waals surface area contributed by atoms with Crippen LogP contribution in [0.4, 0.5) is 0 Å². The van der Waals surface area contributed by atoms with Crippen molar-refractivity contribution in [2.24, 2.45) is 0 Å². The average Bonchev–Trinajstić information content (AvgIpc) is 2.64. The summed E-state index contributed by atoms with van der Waals surface area (Å²) in [6.45, 7) is 10.8. The van der Waals surface area contributed by atoms with E-state index in [9.17, 15) is 0 Å². The van der Waals surface area contributed by atoms with Crippen LogP contribution in [0.3, 0.4) is 0 Å². The second-order valence-corrected chi connectivity index (χ2v) is 6.64. The Bertz CT molecular complexity index is 876. The molecule has 0 spiro atoms. The third kappa shape index (κ3) is 4.50. The highest BCUT2D eigenvalue weighted by molar-refractivity contribution is 5.83. The zero-order valence-electron chi connectivity index (χ0n) is 16.6. The zero-order valence-corrected chi connectivity index (χ0v) is 16.6. The molecule has 0 saturated heterocycles. The first-order valence-electron chi connectivity index (χ1n) is 9.00. The minimum Gasteiger partial charge on any atom is -0.323 e. The van der Waals surface area contributed by atoms with Crippen molar-refractivity contribution in [1.29, 1.82) is 0 Å². The smallest absolute Gasteiger partial charge is 0.0152 e. The van der Waals surface area contributed by atoms with Crippen molar-refractivity contribution in [2.45, 2.75) is 20.8 Å². The molecule has 0 unspecified atom stereocenters. The Hall–Kier alpha value is -2.64. The van der Waals surface area contributed by atoms with Gasteiger partial charge in [0.25, 0.3) is 0 Å². The molecule has 3 aromatic carbocycles. The molecule has 0 aromatic heterocycles. The van der Waals surface area contributed by atoms with Gasteiger partial charge in [-0.05, 0) is 79.4 Å². The average molecular weight is 344 g/mol. The highest BCUT2D eigenvalue weighted by Gasteiger charge is 2.11. The Morgan fingerprint density at radius 2 is 1.27 bits per heavy atom. The first kappa shape index (κ1) is 19.7. The summed E-state index contributed by atoms with van der Waals surface area (Å²) >= 11 is 0. The zero-order chi connectivity index (χ0) is 19.1. The number of benzene rings is 3. The van der Waals surface area contributed by atoms with Gasteiger partial charge >= 0.3 is 0 Å². The van der Waals surface area contributed by atoms with Crippen molar-refractivity contribution in [1.82, 2.24) is 5.32 Å². The summed E-state index contributed by atoms with van der Waals surface area (Å²) in [5, 5.41) is 2.75. The number of aryl methyl sites for hydroxylation is 3. The van der Waals surface area contributed by atoms with Crippen molar-refractivity contribution in [2.75, 3.05) is 14.1 Å². The second-order valence-electron chi connectivity index (χ2n) is 6.64. The van der Waals surface area contributed by atoms with Crippen LogP contribution < -0.4 is 5.32 Å². The Balaban J connectivity index is 0.000000758. The summed E-state index contributed by atoms with van der Waals surface area (Å²) in [6.07, 6.45) is 0. The van der Waals surface area contributed by atoms with Crippen molar-refractivity contribution in [3.63, 3.8) is 0 Å². The third-order valence-electron chi connectivity index (χ3n) is 4.45. The van der Waals surface area contributed by atoms with Crippen molar-refractivity contribution in [3.8, 4) is 11.1 Å².